The van der Waals surface area contributed by atoms with Crippen LogP contribution in [0.4, 0.5) is 11.4 Å². The van der Waals surface area contributed by atoms with E-state index in [4.69, 9.17) is 4.74 Å². The first-order valence-electron chi connectivity index (χ1n) is 12.8. The Hall–Kier alpha value is -3.62. The molecule has 2 saturated heterocycles. The van der Waals surface area contributed by atoms with E-state index >= 15 is 0 Å². The largest absolute Gasteiger partial charge is 0.496 e. The Morgan fingerprint density at radius 2 is 1.81 bits per heavy atom. The van der Waals surface area contributed by atoms with Crippen LogP contribution in [0.5, 0.6) is 5.75 Å². The number of aryl methyl sites for hydroxylation is 1. The van der Waals surface area contributed by atoms with Crippen molar-refractivity contribution in [3.8, 4) is 5.75 Å². The number of anilines is 1. The fourth-order valence-electron chi connectivity index (χ4n) is 5.46. The summed E-state index contributed by atoms with van der Waals surface area (Å²) in [6.07, 6.45) is 0.684. The Labute approximate surface area is 218 Å². The van der Waals surface area contributed by atoms with E-state index in [1.54, 1.807) is 4.90 Å². The van der Waals surface area contributed by atoms with Crippen LogP contribution in [0.25, 0.3) is 0 Å². The van der Waals surface area contributed by atoms with E-state index in [1.807, 2.05) is 4.90 Å². The molecule has 9 heteroatoms. The average Bonchev–Trinajstić information content (AvgIpc) is 2.87. The van der Waals surface area contributed by atoms with Gasteiger partial charge in [-0.2, -0.15) is 0 Å². The van der Waals surface area contributed by atoms with Gasteiger partial charge in [0.15, 0.2) is 0 Å². The first-order valence-corrected chi connectivity index (χ1v) is 12.8. The van der Waals surface area contributed by atoms with Crippen molar-refractivity contribution in [2.45, 2.75) is 40.2 Å². The zero-order valence-corrected chi connectivity index (χ0v) is 22.3. The van der Waals surface area contributed by atoms with Crippen LogP contribution < -0.4 is 9.64 Å². The van der Waals surface area contributed by atoms with E-state index in [0.717, 1.165) is 6.54 Å². The molecule has 0 radical (unpaired) electrons. The SMILES string of the molecule is COc1cc([N+](=O)[O-])ccc1C(=O)N1CCC(C)(C)C(C(=O)N2CCN(c3cccc(C)c3)C(C)C2)C1. The van der Waals surface area contributed by atoms with E-state index in [1.165, 1.54) is 36.6 Å². The minimum atomic E-state index is -0.519. The second kappa shape index (κ2) is 10.4. The summed E-state index contributed by atoms with van der Waals surface area (Å²) in [5.74, 6) is -0.383. The van der Waals surface area contributed by atoms with Gasteiger partial charge in [-0.3, -0.25) is 19.7 Å². The third kappa shape index (κ3) is 5.40. The fraction of sp³-hybridized carbons (Fsp3) is 0.500. The number of piperidine rings is 1. The summed E-state index contributed by atoms with van der Waals surface area (Å²) < 4.78 is 5.29. The summed E-state index contributed by atoms with van der Waals surface area (Å²) in [4.78, 5) is 43.9. The van der Waals surface area contributed by atoms with E-state index < -0.39 is 4.92 Å². The number of hydrogen-bond donors (Lipinski definition) is 0. The highest BCUT2D eigenvalue weighted by atomic mass is 16.6. The molecular formula is C28H36N4O5. The number of ether oxygens (including phenoxy) is 1. The minimum Gasteiger partial charge on any atom is -0.496 e. The van der Waals surface area contributed by atoms with Crippen LogP contribution in [0.2, 0.25) is 0 Å². The predicted octanol–water partition coefficient (Wildman–Crippen LogP) is 4.14. The van der Waals surface area contributed by atoms with E-state index in [2.05, 4.69) is 56.9 Å². The molecule has 198 valence electrons. The van der Waals surface area contributed by atoms with E-state index in [-0.39, 0.29) is 46.2 Å². The number of carbonyl (C=O) groups excluding carboxylic acids is 2. The third-order valence-corrected chi connectivity index (χ3v) is 7.86. The number of non-ortho nitro benzene ring substituents is 1. The topological polar surface area (TPSA) is 96.2 Å². The molecule has 2 aromatic carbocycles. The summed E-state index contributed by atoms with van der Waals surface area (Å²) in [5.41, 5.74) is 2.25. The molecule has 9 nitrogen and oxygen atoms in total. The van der Waals surface area contributed by atoms with Gasteiger partial charge in [-0.05, 0) is 49.4 Å². The number of methoxy groups -OCH3 is 1. The highest BCUT2D eigenvalue weighted by Gasteiger charge is 2.44. The second-order valence-electron chi connectivity index (χ2n) is 10.8. The smallest absolute Gasteiger partial charge is 0.273 e. The second-order valence-corrected chi connectivity index (χ2v) is 10.8. The Bertz CT molecular complexity index is 1200. The van der Waals surface area contributed by atoms with Gasteiger partial charge in [0, 0.05) is 50.5 Å². The number of benzene rings is 2. The van der Waals surface area contributed by atoms with Crippen LogP contribution in [-0.4, -0.2) is 72.4 Å². The lowest BCUT2D eigenvalue weighted by Crippen LogP contribution is -2.59. The van der Waals surface area contributed by atoms with Crippen molar-refractivity contribution in [2.24, 2.45) is 11.3 Å². The lowest BCUT2D eigenvalue weighted by molar-refractivity contribution is -0.384. The van der Waals surface area contributed by atoms with Crippen molar-refractivity contribution < 1.29 is 19.2 Å². The molecule has 0 N–H and O–H groups in total. The molecular weight excluding hydrogens is 472 g/mol. The molecule has 2 aliphatic rings. The zero-order chi connectivity index (χ0) is 26.9. The van der Waals surface area contributed by atoms with Gasteiger partial charge in [-0.15, -0.1) is 0 Å². The molecule has 37 heavy (non-hydrogen) atoms. The monoisotopic (exact) mass is 508 g/mol. The van der Waals surface area contributed by atoms with E-state index in [9.17, 15) is 19.7 Å². The molecule has 2 aromatic rings. The van der Waals surface area contributed by atoms with Crippen molar-refractivity contribution >= 4 is 23.2 Å². The fourth-order valence-corrected chi connectivity index (χ4v) is 5.46. The Morgan fingerprint density at radius 1 is 1.05 bits per heavy atom. The minimum absolute atomic E-state index is 0.0777. The van der Waals surface area contributed by atoms with Gasteiger partial charge in [-0.1, -0.05) is 26.0 Å². The molecule has 2 aliphatic heterocycles. The van der Waals surface area contributed by atoms with Crippen molar-refractivity contribution in [2.75, 3.05) is 44.7 Å². The Morgan fingerprint density at radius 3 is 2.46 bits per heavy atom. The number of likely N-dealkylation sites (tertiary alicyclic amines) is 1. The molecule has 2 amide bonds. The number of nitro groups is 1. The van der Waals surface area contributed by atoms with Crippen molar-refractivity contribution in [3.05, 3.63) is 63.7 Å². The molecule has 0 bridgehead atoms. The maximum absolute atomic E-state index is 13.8. The molecule has 0 spiro atoms. The van der Waals surface area contributed by atoms with Crippen molar-refractivity contribution in [1.82, 2.24) is 9.80 Å². The van der Waals surface area contributed by atoms with Gasteiger partial charge in [0.25, 0.3) is 11.6 Å². The van der Waals surface area contributed by atoms with Crippen molar-refractivity contribution in [3.63, 3.8) is 0 Å². The number of nitrogens with zero attached hydrogens (tertiary/aromatic N) is 4. The van der Waals surface area contributed by atoms with Crippen LogP contribution >= 0.6 is 0 Å². The normalized spacial score (nSPS) is 21.5. The number of nitro benzene ring substituents is 1. The highest BCUT2D eigenvalue weighted by molar-refractivity contribution is 5.97. The van der Waals surface area contributed by atoms with Gasteiger partial charge in [0.2, 0.25) is 5.91 Å². The Balaban J connectivity index is 1.49. The zero-order valence-electron chi connectivity index (χ0n) is 22.3. The quantitative estimate of drug-likeness (QED) is 0.445. The van der Waals surface area contributed by atoms with Crippen LogP contribution in [0.3, 0.4) is 0 Å². The number of carbonyl (C=O) groups is 2. The van der Waals surface area contributed by atoms with Crippen LogP contribution in [-0.2, 0) is 4.79 Å². The number of piperazine rings is 1. The predicted molar refractivity (Wildman–Crippen MR) is 142 cm³/mol. The van der Waals surface area contributed by atoms with E-state index in [0.29, 0.717) is 32.6 Å². The molecule has 0 aromatic heterocycles. The maximum Gasteiger partial charge on any atom is 0.273 e. The summed E-state index contributed by atoms with van der Waals surface area (Å²) in [6, 6.07) is 12.6. The van der Waals surface area contributed by atoms with Crippen molar-refractivity contribution in [1.29, 1.82) is 0 Å². The summed E-state index contributed by atoms with van der Waals surface area (Å²) in [6.45, 7) is 11.2. The molecule has 2 heterocycles. The van der Waals surface area contributed by atoms with Gasteiger partial charge in [-0.25, -0.2) is 0 Å². The standard InChI is InChI=1S/C28H36N4O5/c1-19-7-6-8-21(15-19)31-14-13-30(17-20(31)2)27(34)24-18-29(12-11-28(24,3)4)26(33)23-10-9-22(32(35)36)16-25(23)37-5/h6-10,15-16,20,24H,11-14,17-18H2,1-5H3. The highest BCUT2D eigenvalue weighted by Crippen LogP contribution is 2.38. The number of hydrogen-bond acceptors (Lipinski definition) is 6. The van der Waals surface area contributed by atoms with Gasteiger partial charge < -0.3 is 19.4 Å². The van der Waals surface area contributed by atoms with Crippen LogP contribution in [0, 0.1) is 28.4 Å². The van der Waals surface area contributed by atoms with Crippen LogP contribution in [0.15, 0.2) is 42.5 Å². The van der Waals surface area contributed by atoms with Gasteiger partial charge >= 0.3 is 0 Å². The number of amides is 2. The molecule has 2 unspecified atom stereocenters. The lowest BCUT2D eigenvalue weighted by atomic mass is 9.72. The molecule has 4 rings (SSSR count). The number of rotatable bonds is 5. The lowest BCUT2D eigenvalue weighted by Gasteiger charge is -2.47. The summed E-state index contributed by atoms with van der Waals surface area (Å²) in [5, 5.41) is 11.1. The molecule has 0 aliphatic carbocycles. The Kier molecular flexibility index (Phi) is 7.43. The summed E-state index contributed by atoms with van der Waals surface area (Å²) in [7, 11) is 1.39. The third-order valence-electron chi connectivity index (χ3n) is 7.86. The maximum atomic E-state index is 13.8. The van der Waals surface area contributed by atoms with Gasteiger partial charge in [0.05, 0.1) is 29.6 Å². The first kappa shape index (κ1) is 26.4. The molecule has 2 atom stereocenters. The molecule has 0 saturated carbocycles. The van der Waals surface area contributed by atoms with Crippen LogP contribution in [0.1, 0.15) is 43.1 Å². The first-order chi connectivity index (χ1) is 17.5. The average molecular weight is 509 g/mol. The van der Waals surface area contributed by atoms with Gasteiger partial charge in [0.1, 0.15) is 5.75 Å². The molecule has 2 fully saturated rings. The summed E-state index contributed by atoms with van der Waals surface area (Å²) >= 11 is 0.